The third kappa shape index (κ3) is 4.13. The molecule has 0 saturated heterocycles. The Hall–Kier alpha value is -2.49. The maximum atomic E-state index is 15.3. The van der Waals surface area contributed by atoms with E-state index in [9.17, 15) is 0 Å². The second-order valence-corrected chi connectivity index (χ2v) is 5.82. The van der Waals surface area contributed by atoms with E-state index in [1.54, 1.807) is 6.07 Å². The minimum Gasteiger partial charge on any atom is -0.396 e. The summed E-state index contributed by atoms with van der Waals surface area (Å²) in [5, 5.41) is 8.82. The molecule has 0 spiro atoms. The average Bonchev–Trinajstić information content (AvgIpc) is 2.67. The number of hydrogen-bond donors (Lipinski definition) is 1. The normalized spacial score (nSPS) is 10.8. The van der Waals surface area contributed by atoms with Crippen molar-refractivity contribution in [3.8, 4) is 22.3 Å². The maximum Gasteiger partial charge on any atom is 0.137 e. The van der Waals surface area contributed by atoms with Gasteiger partial charge in [-0.3, -0.25) is 0 Å². The quantitative estimate of drug-likeness (QED) is 0.611. The highest BCUT2D eigenvalue weighted by atomic mass is 19.1. The highest BCUT2D eigenvalue weighted by molar-refractivity contribution is 5.84. The van der Waals surface area contributed by atoms with E-state index in [2.05, 4.69) is 0 Å². The van der Waals surface area contributed by atoms with Crippen LogP contribution in [0.4, 0.5) is 4.39 Å². The van der Waals surface area contributed by atoms with Gasteiger partial charge in [0.25, 0.3) is 0 Å². The number of halogens is 1. The van der Waals surface area contributed by atoms with Crippen LogP contribution in [0.2, 0.25) is 0 Å². The summed E-state index contributed by atoms with van der Waals surface area (Å²) in [7, 11) is 0. The molecule has 0 aliphatic carbocycles. The van der Waals surface area contributed by atoms with Crippen molar-refractivity contribution in [1.29, 1.82) is 0 Å². The van der Waals surface area contributed by atoms with Crippen LogP contribution in [0.3, 0.4) is 0 Å². The van der Waals surface area contributed by atoms with Crippen molar-refractivity contribution in [3.05, 3.63) is 84.2 Å². The molecule has 0 aromatic heterocycles. The topological polar surface area (TPSA) is 29.5 Å². The van der Waals surface area contributed by atoms with Gasteiger partial charge >= 0.3 is 0 Å². The van der Waals surface area contributed by atoms with Crippen molar-refractivity contribution in [2.75, 3.05) is 13.2 Å². The Labute approximate surface area is 147 Å². The minimum absolute atomic E-state index is 0.0741. The summed E-state index contributed by atoms with van der Waals surface area (Å²) in [4.78, 5) is 0. The minimum atomic E-state index is -0.253. The van der Waals surface area contributed by atoms with Crippen molar-refractivity contribution in [2.45, 2.75) is 13.0 Å². The number of hydrogen-bond acceptors (Lipinski definition) is 2. The Kier molecular flexibility index (Phi) is 5.94. The molecule has 0 unspecified atom stereocenters. The van der Waals surface area contributed by atoms with E-state index in [0.29, 0.717) is 24.2 Å². The molecule has 0 aliphatic heterocycles. The van der Waals surface area contributed by atoms with Crippen LogP contribution in [0.5, 0.6) is 0 Å². The van der Waals surface area contributed by atoms with Gasteiger partial charge in [0.15, 0.2) is 0 Å². The van der Waals surface area contributed by atoms with Gasteiger partial charge in [0.05, 0.1) is 6.61 Å². The molecular formula is C22H21FO2. The maximum absolute atomic E-state index is 15.3. The zero-order valence-electron chi connectivity index (χ0n) is 14.0. The van der Waals surface area contributed by atoms with Crippen LogP contribution in [0.25, 0.3) is 22.3 Å². The van der Waals surface area contributed by atoms with E-state index in [1.807, 2.05) is 66.7 Å². The first-order valence-corrected chi connectivity index (χ1v) is 8.42. The van der Waals surface area contributed by atoms with E-state index in [1.165, 1.54) is 0 Å². The van der Waals surface area contributed by atoms with Gasteiger partial charge in [-0.1, -0.05) is 72.8 Å². The number of rotatable bonds is 7. The number of aliphatic hydroxyl groups excluding tert-OH is 1. The summed E-state index contributed by atoms with van der Waals surface area (Å²) < 4.78 is 20.8. The van der Waals surface area contributed by atoms with Crippen LogP contribution in [-0.4, -0.2) is 18.3 Å². The predicted molar refractivity (Wildman–Crippen MR) is 98.6 cm³/mol. The third-order valence-corrected chi connectivity index (χ3v) is 4.07. The first-order valence-electron chi connectivity index (χ1n) is 8.42. The molecule has 3 heteroatoms. The van der Waals surface area contributed by atoms with Gasteiger partial charge < -0.3 is 9.84 Å². The fourth-order valence-electron chi connectivity index (χ4n) is 2.82. The third-order valence-electron chi connectivity index (χ3n) is 4.07. The van der Waals surface area contributed by atoms with Gasteiger partial charge in [0.1, 0.15) is 5.82 Å². The Morgan fingerprint density at radius 1 is 0.800 bits per heavy atom. The summed E-state index contributed by atoms with van der Waals surface area (Å²) in [6.45, 7) is 0.683. The van der Waals surface area contributed by atoms with Gasteiger partial charge in [0, 0.05) is 24.3 Å². The molecule has 0 amide bonds. The molecule has 3 aromatic rings. The molecule has 2 nitrogen and oxygen atoms in total. The zero-order valence-corrected chi connectivity index (χ0v) is 14.0. The van der Waals surface area contributed by atoms with Gasteiger partial charge in [0.2, 0.25) is 0 Å². The lowest BCUT2D eigenvalue weighted by Gasteiger charge is -2.15. The first-order chi connectivity index (χ1) is 12.3. The molecule has 1 N–H and O–H groups in total. The Morgan fingerprint density at radius 3 is 2.08 bits per heavy atom. The molecule has 0 fully saturated rings. The molecule has 128 valence electrons. The lowest BCUT2D eigenvalue weighted by atomic mass is 9.92. The van der Waals surface area contributed by atoms with Gasteiger partial charge in [-0.15, -0.1) is 0 Å². The van der Waals surface area contributed by atoms with Gasteiger partial charge in [-0.05, 0) is 23.1 Å². The molecule has 0 saturated carbocycles. The van der Waals surface area contributed by atoms with Gasteiger partial charge in [-0.2, -0.15) is 0 Å². The van der Waals surface area contributed by atoms with Crippen molar-refractivity contribution in [3.63, 3.8) is 0 Å². The summed E-state index contributed by atoms with van der Waals surface area (Å²) >= 11 is 0. The molecule has 0 aliphatic rings. The van der Waals surface area contributed by atoms with Crippen LogP contribution < -0.4 is 0 Å². The number of ether oxygens (including phenoxy) is 1. The van der Waals surface area contributed by atoms with Crippen molar-refractivity contribution in [2.24, 2.45) is 0 Å². The fraction of sp³-hybridized carbons (Fsp3) is 0.182. The predicted octanol–water partition coefficient (Wildman–Crippen LogP) is 5.06. The van der Waals surface area contributed by atoms with E-state index in [-0.39, 0.29) is 19.0 Å². The number of aliphatic hydroxyl groups is 1. The highest BCUT2D eigenvalue weighted by Gasteiger charge is 2.16. The Balaban J connectivity index is 2.03. The summed E-state index contributed by atoms with van der Waals surface area (Å²) in [6, 6.07) is 23.1. The molecule has 0 heterocycles. The van der Waals surface area contributed by atoms with E-state index in [4.69, 9.17) is 9.84 Å². The van der Waals surface area contributed by atoms with E-state index in [0.717, 1.165) is 16.7 Å². The van der Waals surface area contributed by atoms with Gasteiger partial charge in [-0.25, -0.2) is 4.39 Å². The number of benzene rings is 3. The van der Waals surface area contributed by atoms with Crippen LogP contribution >= 0.6 is 0 Å². The summed E-state index contributed by atoms with van der Waals surface area (Å²) in [5.41, 5.74) is 3.80. The molecule has 0 atom stereocenters. The largest absolute Gasteiger partial charge is 0.396 e. The van der Waals surface area contributed by atoms with Crippen molar-refractivity contribution >= 4 is 0 Å². The Morgan fingerprint density at radius 2 is 1.44 bits per heavy atom. The van der Waals surface area contributed by atoms with E-state index < -0.39 is 0 Å². The van der Waals surface area contributed by atoms with Crippen molar-refractivity contribution < 1.29 is 14.2 Å². The van der Waals surface area contributed by atoms with Crippen molar-refractivity contribution in [1.82, 2.24) is 0 Å². The molecule has 0 bridgehead atoms. The summed E-state index contributed by atoms with van der Waals surface area (Å²) in [6.07, 6.45) is 0.551. The fourth-order valence-corrected chi connectivity index (χ4v) is 2.82. The second-order valence-electron chi connectivity index (χ2n) is 5.82. The van der Waals surface area contributed by atoms with E-state index >= 15 is 4.39 Å². The molecule has 25 heavy (non-hydrogen) atoms. The zero-order chi connectivity index (χ0) is 17.5. The first kappa shape index (κ1) is 17.3. The SMILES string of the molecule is OCCCOCc1ccc(-c2ccccc2)c(-c2ccccc2)c1F. The van der Waals surface area contributed by atoms with Crippen LogP contribution in [-0.2, 0) is 11.3 Å². The van der Waals surface area contributed by atoms with Crippen LogP contribution in [0.1, 0.15) is 12.0 Å². The smallest absolute Gasteiger partial charge is 0.137 e. The molecule has 3 rings (SSSR count). The lowest BCUT2D eigenvalue weighted by Crippen LogP contribution is -2.02. The molecule has 3 aromatic carbocycles. The molecule has 0 radical (unpaired) electrons. The average molecular weight is 336 g/mol. The standard InChI is InChI=1S/C22H21FO2/c23-22-19(16-25-15-7-14-24)12-13-20(17-8-3-1-4-9-17)21(22)18-10-5-2-6-11-18/h1-6,8-13,24H,7,14-16H2. The second kappa shape index (κ2) is 8.56. The Bertz CT molecular complexity index is 801. The highest BCUT2D eigenvalue weighted by Crippen LogP contribution is 2.35. The lowest BCUT2D eigenvalue weighted by molar-refractivity contribution is 0.102. The molecular weight excluding hydrogens is 315 g/mol. The summed E-state index contributed by atoms with van der Waals surface area (Å²) in [5.74, 6) is -0.253. The van der Waals surface area contributed by atoms with Crippen LogP contribution in [0, 0.1) is 5.82 Å². The monoisotopic (exact) mass is 336 g/mol. The van der Waals surface area contributed by atoms with Crippen LogP contribution in [0.15, 0.2) is 72.8 Å².